The third kappa shape index (κ3) is 3.11. The Balaban J connectivity index is 1.88. The Morgan fingerprint density at radius 3 is 2.26 bits per heavy atom. The van der Waals surface area contributed by atoms with Crippen LogP contribution in [0.3, 0.4) is 0 Å². The number of esters is 1. The van der Waals surface area contributed by atoms with Crippen LogP contribution in [0, 0.1) is 0 Å². The van der Waals surface area contributed by atoms with Gasteiger partial charge in [-0.25, -0.2) is 4.79 Å². The summed E-state index contributed by atoms with van der Waals surface area (Å²) >= 11 is 0. The largest absolute Gasteiger partial charge is 0.462 e. The van der Waals surface area contributed by atoms with Gasteiger partial charge in [0, 0.05) is 5.69 Å². The highest BCUT2D eigenvalue weighted by Gasteiger charge is 2.15. The van der Waals surface area contributed by atoms with E-state index in [-0.39, 0.29) is 0 Å². The average Bonchev–Trinajstić information content (AvgIpc) is 2.98. The minimum absolute atomic E-state index is 0.324. The highest BCUT2D eigenvalue weighted by Crippen LogP contribution is 2.27. The average molecular weight is 306 g/mol. The van der Waals surface area contributed by atoms with Gasteiger partial charge in [-0.15, -0.1) is 0 Å². The van der Waals surface area contributed by atoms with Crippen LogP contribution in [-0.2, 0) is 4.74 Å². The van der Waals surface area contributed by atoms with E-state index in [0.29, 0.717) is 18.0 Å². The fourth-order valence-corrected chi connectivity index (χ4v) is 2.48. The van der Waals surface area contributed by atoms with Gasteiger partial charge in [-0.3, -0.25) is 0 Å². The second-order valence-corrected chi connectivity index (χ2v) is 5.17. The molecular weight excluding hydrogens is 288 g/mol. The highest BCUT2D eigenvalue weighted by atomic mass is 16.5. The van der Waals surface area contributed by atoms with Crippen molar-refractivity contribution >= 4 is 11.8 Å². The van der Waals surface area contributed by atoms with E-state index in [1.54, 1.807) is 13.0 Å². The van der Waals surface area contributed by atoms with Crippen LogP contribution in [0.5, 0.6) is 0 Å². The van der Waals surface area contributed by atoms with Crippen LogP contribution >= 0.6 is 0 Å². The van der Waals surface area contributed by atoms with Crippen LogP contribution in [0.4, 0.5) is 5.82 Å². The number of nitrogen functional groups attached to an aromatic ring is 1. The number of aromatic amines is 1. The lowest BCUT2D eigenvalue weighted by molar-refractivity contribution is 0.0528. The smallest absolute Gasteiger partial charge is 0.341 e. The quantitative estimate of drug-likeness (QED) is 0.713. The van der Waals surface area contributed by atoms with E-state index in [9.17, 15) is 4.79 Å². The highest BCUT2D eigenvalue weighted by molar-refractivity contribution is 5.96. The second kappa shape index (κ2) is 6.40. The van der Waals surface area contributed by atoms with Crippen molar-refractivity contribution in [2.24, 2.45) is 0 Å². The Bertz CT molecular complexity index is 805. The first-order valence-electron chi connectivity index (χ1n) is 7.50. The number of hydrogen-bond donors (Lipinski definition) is 2. The van der Waals surface area contributed by atoms with Gasteiger partial charge in [0.2, 0.25) is 0 Å². The number of nitrogens with two attached hydrogens (primary N) is 1. The molecule has 2 aromatic carbocycles. The van der Waals surface area contributed by atoms with E-state index in [0.717, 1.165) is 22.4 Å². The van der Waals surface area contributed by atoms with Crippen molar-refractivity contribution in [3.8, 4) is 22.4 Å². The summed E-state index contributed by atoms with van der Waals surface area (Å²) in [4.78, 5) is 14.9. The van der Waals surface area contributed by atoms with Crippen LogP contribution in [0.2, 0.25) is 0 Å². The number of hydrogen-bond acceptors (Lipinski definition) is 3. The van der Waals surface area contributed by atoms with Gasteiger partial charge in [0.1, 0.15) is 11.4 Å². The van der Waals surface area contributed by atoms with Gasteiger partial charge >= 0.3 is 5.97 Å². The Kier molecular flexibility index (Phi) is 4.15. The summed E-state index contributed by atoms with van der Waals surface area (Å²) in [7, 11) is 0. The second-order valence-electron chi connectivity index (χ2n) is 5.17. The monoisotopic (exact) mass is 306 g/mol. The maximum atomic E-state index is 11.8. The molecule has 116 valence electrons. The third-order valence-electron chi connectivity index (χ3n) is 3.65. The SMILES string of the molecule is CCOC(=O)c1cc(-c2ccc(-c3ccccc3)cc2)[nH]c1N. The zero-order valence-electron chi connectivity index (χ0n) is 12.9. The van der Waals surface area contributed by atoms with Gasteiger partial charge in [-0.2, -0.15) is 0 Å². The molecule has 0 saturated carbocycles. The number of carbonyl (C=O) groups is 1. The van der Waals surface area contributed by atoms with Crippen molar-refractivity contribution in [3.63, 3.8) is 0 Å². The molecule has 3 N–H and O–H groups in total. The summed E-state index contributed by atoms with van der Waals surface area (Å²) in [6, 6.07) is 20.0. The zero-order valence-corrected chi connectivity index (χ0v) is 12.9. The van der Waals surface area contributed by atoms with Gasteiger partial charge in [0.15, 0.2) is 0 Å². The number of H-pyrrole nitrogens is 1. The molecule has 1 heterocycles. The van der Waals surface area contributed by atoms with E-state index in [2.05, 4.69) is 17.1 Å². The molecule has 0 aliphatic heterocycles. The van der Waals surface area contributed by atoms with Crippen LogP contribution in [-0.4, -0.2) is 17.6 Å². The zero-order chi connectivity index (χ0) is 16.2. The molecule has 0 saturated heterocycles. The van der Waals surface area contributed by atoms with Crippen LogP contribution in [0.25, 0.3) is 22.4 Å². The molecule has 0 unspecified atom stereocenters. The molecule has 1 aromatic heterocycles. The fourth-order valence-electron chi connectivity index (χ4n) is 2.48. The van der Waals surface area contributed by atoms with E-state index < -0.39 is 5.97 Å². The Morgan fingerprint density at radius 2 is 1.61 bits per heavy atom. The van der Waals surface area contributed by atoms with Gasteiger partial charge in [-0.1, -0.05) is 54.6 Å². The molecule has 0 aliphatic carbocycles. The van der Waals surface area contributed by atoms with Gasteiger partial charge in [0.05, 0.1) is 6.61 Å². The Hall–Kier alpha value is -3.01. The molecule has 0 amide bonds. The minimum Gasteiger partial charge on any atom is -0.462 e. The molecule has 4 heteroatoms. The molecule has 23 heavy (non-hydrogen) atoms. The molecule has 0 aliphatic rings. The van der Waals surface area contributed by atoms with E-state index in [4.69, 9.17) is 10.5 Å². The number of nitrogens with one attached hydrogen (secondary N) is 1. The third-order valence-corrected chi connectivity index (χ3v) is 3.65. The molecule has 0 radical (unpaired) electrons. The van der Waals surface area contributed by atoms with Crippen molar-refractivity contribution in [1.29, 1.82) is 0 Å². The first kappa shape index (κ1) is 14.9. The summed E-state index contributed by atoms with van der Waals surface area (Å²) in [5.41, 5.74) is 10.3. The molecule has 0 spiro atoms. The number of rotatable bonds is 4. The van der Waals surface area contributed by atoms with E-state index in [1.165, 1.54) is 0 Å². The van der Waals surface area contributed by atoms with Gasteiger partial charge < -0.3 is 15.5 Å². The first-order chi connectivity index (χ1) is 11.2. The molecule has 0 atom stereocenters. The summed E-state index contributed by atoms with van der Waals surface area (Å²) in [5.74, 6) is -0.0843. The van der Waals surface area contributed by atoms with Crippen LogP contribution < -0.4 is 5.73 Å². The van der Waals surface area contributed by atoms with Crippen molar-refractivity contribution in [1.82, 2.24) is 4.98 Å². The van der Waals surface area contributed by atoms with Gasteiger partial charge in [-0.05, 0) is 29.7 Å². The maximum Gasteiger partial charge on any atom is 0.341 e. The predicted molar refractivity (Wildman–Crippen MR) is 92.0 cm³/mol. The molecule has 3 rings (SSSR count). The number of benzene rings is 2. The Morgan fingerprint density at radius 1 is 1.00 bits per heavy atom. The summed E-state index contributed by atoms with van der Waals surface area (Å²) < 4.78 is 5.00. The fraction of sp³-hybridized carbons (Fsp3) is 0.105. The molecule has 0 bridgehead atoms. The van der Waals surface area contributed by atoms with Crippen LogP contribution in [0.15, 0.2) is 60.7 Å². The number of carbonyl (C=O) groups excluding carboxylic acids is 1. The van der Waals surface area contributed by atoms with Crippen LogP contribution in [0.1, 0.15) is 17.3 Å². The molecular formula is C19H18N2O2. The van der Waals surface area contributed by atoms with Crippen molar-refractivity contribution in [3.05, 3.63) is 66.2 Å². The Labute approximate surface area is 134 Å². The lowest BCUT2D eigenvalue weighted by Gasteiger charge is -2.03. The normalized spacial score (nSPS) is 10.5. The minimum atomic E-state index is -0.409. The summed E-state index contributed by atoms with van der Waals surface area (Å²) in [6.45, 7) is 2.09. The molecule has 0 fully saturated rings. The summed E-state index contributed by atoms with van der Waals surface area (Å²) in [5, 5.41) is 0. The van der Waals surface area contributed by atoms with Crippen molar-refractivity contribution in [2.75, 3.05) is 12.3 Å². The first-order valence-corrected chi connectivity index (χ1v) is 7.50. The van der Waals surface area contributed by atoms with E-state index >= 15 is 0 Å². The molecule has 4 nitrogen and oxygen atoms in total. The number of aromatic nitrogens is 1. The van der Waals surface area contributed by atoms with E-state index in [1.807, 2.05) is 42.5 Å². The van der Waals surface area contributed by atoms with Crippen molar-refractivity contribution in [2.45, 2.75) is 6.92 Å². The number of ether oxygens (including phenoxy) is 1. The van der Waals surface area contributed by atoms with Gasteiger partial charge in [0.25, 0.3) is 0 Å². The lowest BCUT2D eigenvalue weighted by atomic mass is 10.0. The molecule has 3 aromatic rings. The standard InChI is InChI=1S/C19H18N2O2/c1-2-23-19(22)16-12-17(21-18(16)20)15-10-8-14(9-11-15)13-6-4-3-5-7-13/h3-12,21H,2,20H2,1H3. The lowest BCUT2D eigenvalue weighted by Crippen LogP contribution is -2.05. The topological polar surface area (TPSA) is 68.1 Å². The number of anilines is 1. The summed E-state index contributed by atoms with van der Waals surface area (Å²) in [6.07, 6.45) is 0. The predicted octanol–water partition coefficient (Wildman–Crippen LogP) is 4.11. The van der Waals surface area contributed by atoms with Crippen molar-refractivity contribution < 1.29 is 9.53 Å². The maximum absolute atomic E-state index is 11.8.